The van der Waals surface area contributed by atoms with Crippen molar-refractivity contribution in [2.45, 2.75) is 20.0 Å². The minimum absolute atomic E-state index is 0.175. The average Bonchev–Trinajstić information content (AvgIpc) is 2.47. The van der Waals surface area contributed by atoms with Gasteiger partial charge in [-0.05, 0) is 38.1 Å². The Bertz CT molecular complexity index is 595. The molecule has 0 saturated heterocycles. The molecule has 20 heavy (non-hydrogen) atoms. The molecule has 3 nitrogen and oxygen atoms in total. The minimum atomic E-state index is 0.175. The Morgan fingerprint density at radius 3 is 2.50 bits per heavy atom. The molecule has 3 rings (SSSR count). The molecule has 0 saturated carbocycles. The maximum absolute atomic E-state index is 5.95. The number of benzene rings is 2. The van der Waals surface area contributed by atoms with E-state index in [1.807, 2.05) is 12.1 Å². The highest BCUT2D eigenvalue weighted by molar-refractivity contribution is 5.80. The molecule has 1 N–H and O–H groups in total. The molecular weight excluding hydrogens is 248 g/mol. The first-order valence-electron chi connectivity index (χ1n) is 7.12. The van der Waals surface area contributed by atoms with E-state index >= 15 is 0 Å². The molecule has 1 aliphatic rings. The van der Waals surface area contributed by atoms with Crippen molar-refractivity contribution in [3.63, 3.8) is 0 Å². The molecule has 1 aliphatic heterocycles. The first-order valence-corrected chi connectivity index (χ1v) is 7.12. The van der Waals surface area contributed by atoms with E-state index in [0.29, 0.717) is 0 Å². The lowest BCUT2D eigenvalue weighted by molar-refractivity contribution is 0.243. The van der Waals surface area contributed by atoms with Crippen LogP contribution in [0.15, 0.2) is 48.5 Å². The van der Waals surface area contributed by atoms with Gasteiger partial charge in [-0.15, -0.1) is 0 Å². The fourth-order valence-corrected chi connectivity index (χ4v) is 2.57. The zero-order valence-corrected chi connectivity index (χ0v) is 12.0. The normalized spacial score (nSPS) is 13.8. The number of anilines is 3. The molecular formula is C17H20N2O. The van der Waals surface area contributed by atoms with Gasteiger partial charge in [-0.3, -0.25) is 0 Å². The summed E-state index contributed by atoms with van der Waals surface area (Å²) in [6.45, 7) is 5.99. The van der Waals surface area contributed by atoms with Crippen LogP contribution in [0.3, 0.4) is 0 Å². The summed E-state index contributed by atoms with van der Waals surface area (Å²) in [5.41, 5.74) is 3.52. The van der Waals surface area contributed by atoms with Gasteiger partial charge in [0.25, 0.3) is 0 Å². The molecule has 2 aromatic carbocycles. The van der Waals surface area contributed by atoms with Crippen LogP contribution >= 0.6 is 0 Å². The van der Waals surface area contributed by atoms with Gasteiger partial charge in [0.2, 0.25) is 0 Å². The van der Waals surface area contributed by atoms with E-state index in [-0.39, 0.29) is 6.10 Å². The van der Waals surface area contributed by atoms with Crippen LogP contribution in [-0.4, -0.2) is 19.2 Å². The van der Waals surface area contributed by atoms with Crippen LogP contribution in [0.2, 0.25) is 0 Å². The highest BCUT2D eigenvalue weighted by Gasteiger charge is 2.20. The van der Waals surface area contributed by atoms with Crippen LogP contribution in [0.25, 0.3) is 0 Å². The number of rotatable bonds is 3. The number of nitrogens with zero attached hydrogens (tertiary/aromatic N) is 1. The number of ether oxygens (including phenoxy) is 1. The smallest absolute Gasteiger partial charge is 0.143 e. The maximum Gasteiger partial charge on any atom is 0.143 e. The number of hydrogen-bond acceptors (Lipinski definition) is 3. The number of hydrogen-bond donors (Lipinski definition) is 1. The molecule has 0 unspecified atom stereocenters. The Labute approximate surface area is 120 Å². The SMILES string of the molecule is CC(C)Oc1ccccc1N1CCNc2ccccc21. The lowest BCUT2D eigenvalue weighted by Gasteiger charge is -2.33. The Balaban J connectivity index is 2.02. The van der Waals surface area contributed by atoms with Gasteiger partial charge in [-0.25, -0.2) is 0 Å². The van der Waals surface area contributed by atoms with Gasteiger partial charge in [-0.2, -0.15) is 0 Å². The van der Waals surface area contributed by atoms with Gasteiger partial charge in [0, 0.05) is 13.1 Å². The fourth-order valence-electron chi connectivity index (χ4n) is 2.57. The first kappa shape index (κ1) is 12.9. The molecule has 0 aromatic heterocycles. The van der Waals surface area contributed by atoms with Crippen LogP contribution in [-0.2, 0) is 0 Å². The molecule has 0 bridgehead atoms. The molecule has 1 heterocycles. The van der Waals surface area contributed by atoms with Crippen molar-refractivity contribution in [3.05, 3.63) is 48.5 Å². The quantitative estimate of drug-likeness (QED) is 0.909. The van der Waals surface area contributed by atoms with Crippen LogP contribution in [0.5, 0.6) is 5.75 Å². The van der Waals surface area contributed by atoms with E-state index in [9.17, 15) is 0 Å². The van der Waals surface area contributed by atoms with Gasteiger partial charge >= 0.3 is 0 Å². The zero-order chi connectivity index (χ0) is 13.9. The molecule has 0 fully saturated rings. The molecule has 104 valence electrons. The third-order valence-corrected chi connectivity index (χ3v) is 3.36. The second-order valence-corrected chi connectivity index (χ2v) is 5.23. The van der Waals surface area contributed by atoms with Crippen molar-refractivity contribution < 1.29 is 4.74 Å². The summed E-state index contributed by atoms with van der Waals surface area (Å²) in [5.74, 6) is 0.944. The summed E-state index contributed by atoms with van der Waals surface area (Å²) in [7, 11) is 0. The Morgan fingerprint density at radius 1 is 1.00 bits per heavy atom. The second kappa shape index (κ2) is 5.45. The number of nitrogens with one attached hydrogen (secondary N) is 1. The largest absolute Gasteiger partial charge is 0.489 e. The van der Waals surface area contributed by atoms with E-state index in [4.69, 9.17) is 4.74 Å². The predicted molar refractivity (Wildman–Crippen MR) is 84.1 cm³/mol. The maximum atomic E-state index is 5.95. The number of fused-ring (bicyclic) bond motifs is 1. The zero-order valence-electron chi connectivity index (χ0n) is 12.0. The van der Waals surface area contributed by atoms with Crippen LogP contribution in [0.4, 0.5) is 17.1 Å². The van der Waals surface area contributed by atoms with Gasteiger partial charge in [-0.1, -0.05) is 24.3 Å². The van der Waals surface area contributed by atoms with Crippen molar-refractivity contribution >= 4 is 17.1 Å². The van der Waals surface area contributed by atoms with E-state index in [0.717, 1.165) is 24.5 Å². The predicted octanol–water partition coefficient (Wildman–Crippen LogP) is 4.04. The topological polar surface area (TPSA) is 24.5 Å². The summed E-state index contributed by atoms with van der Waals surface area (Å²) in [4.78, 5) is 2.32. The van der Waals surface area contributed by atoms with Gasteiger partial charge in [0.05, 0.1) is 23.2 Å². The van der Waals surface area contributed by atoms with Crippen molar-refractivity contribution in [2.24, 2.45) is 0 Å². The Kier molecular flexibility index (Phi) is 3.50. The monoisotopic (exact) mass is 268 g/mol. The molecule has 0 spiro atoms. The van der Waals surface area contributed by atoms with E-state index < -0.39 is 0 Å². The molecule has 2 aromatic rings. The van der Waals surface area contributed by atoms with Crippen LogP contribution in [0, 0.1) is 0 Å². The highest BCUT2D eigenvalue weighted by atomic mass is 16.5. The first-order chi connectivity index (χ1) is 9.75. The average molecular weight is 268 g/mol. The summed E-state index contributed by atoms with van der Waals surface area (Å²) >= 11 is 0. The Morgan fingerprint density at radius 2 is 1.70 bits per heavy atom. The fraction of sp³-hybridized carbons (Fsp3) is 0.294. The van der Waals surface area contributed by atoms with Crippen LogP contribution in [0.1, 0.15) is 13.8 Å². The Hall–Kier alpha value is -2.16. The lowest BCUT2D eigenvalue weighted by atomic mass is 10.1. The van der Waals surface area contributed by atoms with Gasteiger partial charge < -0.3 is 15.0 Å². The molecule has 0 radical (unpaired) electrons. The van der Waals surface area contributed by atoms with Crippen molar-refractivity contribution in [1.29, 1.82) is 0 Å². The molecule has 0 amide bonds. The summed E-state index contributed by atoms with van der Waals surface area (Å²) in [6, 6.07) is 16.7. The van der Waals surface area contributed by atoms with Crippen molar-refractivity contribution in [1.82, 2.24) is 0 Å². The van der Waals surface area contributed by atoms with E-state index in [1.54, 1.807) is 0 Å². The lowest BCUT2D eigenvalue weighted by Crippen LogP contribution is -2.30. The second-order valence-electron chi connectivity index (χ2n) is 5.23. The summed E-state index contributed by atoms with van der Waals surface area (Å²) in [6.07, 6.45) is 0.175. The highest BCUT2D eigenvalue weighted by Crippen LogP contribution is 2.39. The summed E-state index contributed by atoms with van der Waals surface area (Å²) in [5, 5.41) is 3.44. The van der Waals surface area contributed by atoms with E-state index in [1.165, 1.54) is 11.4 Å². The number of para-hydroxylation sites is 4. The molecule has 3 heteroatoms. The molecule has 0 atom stereocenters. The van der Waals surface area contributed by atoms with Crippen molar-refractivity contribution in [2.75, 3.05) is 23.3 Å². The third-order valence-electron chi connectivity index (χ3n) is 3.36. The van der Waals surface area contributed by atoms with Crippen molar-refractivity contribution in [3.8, 4) is 5.75 Å². The third kappa shape index (κ3) is 2.44. The molecule has 0 aliphatic carbocycles. The summed E-state index contributed by atoms with van der Waals surface area (Å²) < 4.78 is 5.95. The standard InChI is InChI=1S/C17H20N2O/c1-13(2)20-17-10-6-5-9-16(17)19-12-11-18-14-7-3-4-8-15(14)19/h3-10,13,18H,11-12H2,1-2H3. The van der Waals surface area contributed by atoms with Gasteiger partial charge in [0.1, 0.15) is 5.75 Å². The minimum Gasteiger partial charge on any atom is -0.489 e. The van der Waals surface area contributed by atoms with Crippen LogP contribution < -0.4 is 15.0 Å². The van der Waals surface area contributed by atoms with E-state index in [2.05, 4.69) is 60.5 Å². The van der Waals surface area contributed by atoms with Gasteiger partial charge in [0.15, 0.2) is 0 Å².